The van der Waals surface area contributed by atoms with E-state index in [9.17, 15) is 9.18 Å². The second-order valence-corrected chi connectivity index (χ2v) is 5.29. The van der Waals surface area contributed by atoms with E-state index in [1.807, 2.05) is 0 Å². The molecule has 116 valence electrons. The Labute approximate surface area is 137 Å². The van der Waals surface area contributed by atoms with Crippen molar-refractivity contribution in [1.82, 2.24) is 9.88 Å². The maximum absolute atomic E-state index is 12.8. The first-order chi connectivity index (χ1) is 10.5. The first-order valence-electron chi connectivity index (χ1n) is 6.43. The molecule has 0 aliphatic carbocycles. The highest BCUT2D eigenvalue weighted by Gasteiger charge is 2.17. The molecular formula is C15H13Cl2FN2O2. The standard InChI is InChI=1S/C15H13Cl2FN2O2/c1-20(8-9-22-11-4-2-10(18)3-5-11)15(21)14-12(16)6-7-13(17)19-14/h2-7H,8-9H2,1H3. The molecule has 0 unspecified atom stereocenters. The summed E-state index contributed by atoms with van der Waals surface area (Å²) < 4.78 is 18.2. The van der Waals surface area contributed by atoms with E-state index in [-0.39, 0.29) is 34.2 Å². The number of carbonyl (C=O) groups is 1. The Morgan fingerprint density at radius 3 is 2.59 bits per heavy atom. The number of rotatable bonds is 5. The van der Waals surface area contributed by atoms with Gasteiger partial charge in [-0.1, -0.05) is 23.2 Å². The smallest absolute Gasteiger partial charge is 0.273 e. The Morgan fingerprint density at radius 2 is 1.91 bits per heavy atom. The van der Waals surface area contributed by atoms with E-state index in [2.05, 4.69) is 4.98 Å². The van der Waals surface area contributed by atoms with Crippen LogP contribution in [0.2, 0.25) is 10.2 Å². The number of hydrogen-bond donors (Lipinski definition) is 0. The monoisotopic (exact) mass is 342 g/mol. The van der Waals surface area contributed by atoms with Gasteiger partial charge in [0.2, 0.25) is 0 Å². The number of benzene rings is 1. The lowest BCUT2D eigenvalue weighted by Crippen LogP contribution is -2.31. The van der Waals surface area contributed by atoms with Gasteiger partial charge in [-0.3, -0.25) is 4.79 Å². The van der Waals surface area contributed by atoms with Gasteiger partial charge in [0.1, 0.15) is 29.0 Å². The van der Waals surface area contributed by atoms with Crippen LogP contribution >= 0.6 is 23.2 Å². The molecule has 1 aromatic carbocycles. The molecular weight excluding hydrogens is 330 g/mol. The molecule has 0 saturated carbocycles. The molecule has 0 spiro atoms. The van der Waals surface area contributed by atoms with Crippen molar-refractivity contribution in [2.45, 2.75) is 0 Å². The number of carbonyl (C=O) groups excluding carboxylic acids is 1. The van der Waals surface area contributed by atoms with Gasteiger partial charge in [-0.25, -0.2) is 9.37 Å². The lowest BCUT2D eigenvalue weighted by molar-refractivity contribution is 0.0768. The van der Waals surface area contributed by atoms with Crippen molar-refractivity contribution in [3.05, 3.63) is 58.1 Å². The summed E-state index contributed by atoms with van der Waals surface area (Å²) in [5, 5.41) is 0.435. The average molecular weight is 343 g/mol. The van der Waals surface area contributed by atoms with Crippen LogP contribution in [0.3, 0.4) is 0 Å². The lowest BCUT2D eigenvalue weighted by atomic mass is 10.3. The predicted molar refractivity (Wildman–Crippen MR) is 83.1 cm³/mol. The highest BCUT2D eigenvalue weighted by atomic mass is 35.5. The number of hydrogen-bond acceptors (Lipinski definition) is 3. The third-order valence-corrected chi connectivity index (χ3v) is 3.39. The molecule has 0 bridgehead atoms. The first-order valence-corrected chi connectivity index (χ1v) is 7.19. The third kappa shape index (κ3) is 4.32. The van der Waals surface area contributed by atoms with Crippen molar-refractivity contribution in [2.75, 3.05) is 20.2 Å². The molecule has 0 aliphatic rings. The van der Waals surface area contributed by atoms with Crippen LogP contribution in [0.5, 0.6) is 5.75 Å². The summed E-state index contributed by atoms with van der Waals surface area (Å²) in [6.07, 6.45) is 0. The Hall–Kier alpha value is -1.85. The molecule has 0 N–H and O–H groups in total. The quantitative estimate of drug-likeness (QED) is 0.778. The summed E-state index contributed by atoms with van der Waals surface area (Å²) >= 11 is 11.7. The molecule has 0 atom stereocenters. The molecule has 0 fully saturated rings. The van der Waals surface area contributed by atoms with E-state index in [1.165, 1.54) is 41.3 Å². The van der Waals surface area contributed by atoms with Crippen molar-refractivity contribution in [3.8, 4) is 5.75 Å². The highest BCUT2D eigenvalue weighted by molar-refractivity contribution is 6.34. The first kappa shape index (κ1) is 16.5. The van der Waals surface area contributed by atoms with Crippen LogP contribution in [-0.2, 0) is 0 Å². The molecule has 0 aliphatic heterocycles. The fraction of sp³-hybridized carbons (Fsp3) is 0.200. The van der Waals surface area contributed by atoms with Gasteiger partial charge in [-0.15, -0.1) is 0 Å². The van der Waals surface area contributed by atoms with Crippen molar-refractivity contribution in [1.29, 1.82) is 0 Å². The number of pyridine rings is 1. The lowest BCUT2D eigenvalue weighted by Gasteiger charge is -2.17. The molecule has 7 heteroatoms. The summed E-state index contributed by atoms with van der Waals surface area (Å²) in [6.45, 7) is 0.576. The van der Waals surface area contributed by atoms with Crippen LogP contribution in [0.15, 0.2) is 36.4 Å². The third-order valence-electron chi connectivity index (χ3n) is 2.87. The number of aromatic nitrogens is 1. The molecule has 0 radical (unpaired) electrons. The molecule has 2 aromatic rings. The van der Waals surface area contributed by atoms with Crippen LogP contribution in [0, 0.1) is 5.82 Å². The fourth-order valence-corrected chi connectivity index (χ4v) is 2.02. The summed E-state index contributed by atoms with van der Waals surface area (Å²) in [5.74, 6) is -0.155. The molecule has 1 heterocycles. The minimum absolute atomic E-state index is 0.0958. The molecule has 0 saturated heterocycles. The molecule has 1 amide bonds. The minimum atomic E-state index is -0.352. The number of amides is 1. The SMILES string of the molecule is CN(CCOc1ccc(F)cc1)C(=O)c1nc(Cl)ccc1Cl. The van der Waals surface area contributed by atoms with E-state index in [0.29, 0.717) is 12.3 Å². The van der Waals surface area contributed by atoms with Crippen LogP contribution in [0.25, 0.3) is 0 Å². The van der Waals surface area contributed by atoms with Gasteiger partial charge in [0.15, 0.2) is 0 Å². The summed E-state index contributed by atoms with van der Waals surface area (Å²) in [7, 11) is 1.61. The molecule has 1 aromatic heterocycles. The second kappa shape index (κ2) is 7.42. The number of ether oxygens (including phenoxy) is 1. The molecule has 4 nitrogen and oxygen atoms in total. The zero-order valence-corrected chi connectivity index (χ0v) is 13.2. The Kier molecular flexibility index (Phi) is 5.57. The summed E-state index contributed by atoms with van der Waals surface area (Å²) in [5.41, 5.74) is 0.0958. The number of likely N-dealkylation sites (N-methyl/N-ethyl adjacent to an activating group) is 1. The maximum Gasteiger partial charge on any atom is 0.273 e. The van der Waals surface area contributed by atoms with Gasteiger partial charge >= 0.3 is 0 Å². The van der Waals surface area contributed by atoms with Crippen molar-refractivity contribution >= 4 is 29.1 Å². The van der Waals surface area contributed by atoms with Gasteiger partial charge in [0.25, 0.3) is 5.91 Å². The van der Waals surface area contributed by atoms with E-state index < -0.39 is 0 Å². The Morgan fingerprint density at radius 1 is 1.23 bits per heavy atom. The maximum atomic E-state index is 12.8. The molecule has 22 heavy (non-hydrogen) atoms. The van der Waals surface area contributed by atoms with Gasteiger partial charge < -0.3 is 9.64 Å². The minimum Gasteiger partial charge on any atom is -0.492 e. The highest BCUT2D eigenvalue weighted by Crippen LogP contribution is 2.18. The Bertz CT molecular complexity index is 665. The summed E-state index contributed by atoms with van der Waals surface area (Å²) in [6, 6.07) is 8.68. The topological polar surface area (TPSA) is 42.4 Å². The number of halogens is 3. The zero-order valence-electron chi connectivity index (χ0n) is 11.7. The van der Waals surface area contributed by atoms with E-state index in [4.69, 9.17) is 27.9 Å². The predicted octanol–water partition coefficient (Wildman–Crippen LogP) is 3.68. The van der Waals surface area contributed by atoms with Gasteiger partial charge in [0, 0.05) is 7.05 Å². The molecule has 2 rings (SSSR count). The van der Waals surface area contributed by atoms with Crippen LogP contribution in [0.4, 0.5) is 4.39 Å². The normalized spacial score (nSPS) is 10.4. The number of nitrogens with zero attached hydrogens (tertiary/aromatic N) is 2. The van der Waals surface area contributed by atoms with Crippen molar-refractivity contribution in [3.63, 3.8) is 0 Å². The van der Waals surface area contributed by atoms with Crippen LogP contribution in [-0.4, -0.2) is 36.0 Å². The average Bonchev–Trinajstić information content (AvgIpc) is 2.51. The van der Waals surface area contributed by atoms with Crippen molar-refractivity contribution < 1.29 is 13.9 Å². The van der Waals surface area contributed by atoms with Crippen LogP contribution < -0.4 is 4.74 Å². The van der Waals surface area contributed by atoms with Crippen LogP contribution in [0.1, 0.15) is 10.5 Å². The zero-order chi connectivity index (χ0) is 16.1. The van der Waals surface area contributed by atoms with Gasteiger partial charge in [-0.2, -0.15) is 0 Å². The second-order valence-electron chi connectivity index (χ2n) is 4.49. The van der Waals surface area contributed by atoms with E-state index in [1.54, 1.807) is 7.05 Å². The largest absolute Gasteiger partial charge is 0.492 e. The summed E-state index contributed by atoms with van der Waals surface area (Å²) in [4.78, 5) is 17.6. The van der Waals surface area contributed by atoms with Gasteiger partial charge in [-0.05, 0) is 36.4 Å². The fourth-order valence-electron chi connectivity index (χ4n) is 1.68. The van der Waals surface area contributed by atoms with E-state index in [0.717, 1.165) is 0 Å². The Balaban J connectivity index is 1.91. The van der Waals surface area contributed by atoms with Crippen molar-refractivity contribution in [2.24, 2.45) is 0 Å². The van der Waals surface area contributed by atoms with Gasteiger partial charge in [0.05, 0.1) is 11.6 Å². The van der Waals surface area contributed by atoms with E-state index >= 15 is 0 Å².